The fraction of sp³-hybridized carbons (Fsp3) is 0.333. The SMILES string of the molecule is Cc1cc(C)c(Pc2c(C)cc(C)cc2C)c(C)c1.Cc1cc(C)c(Pc2c(C)cc(C)cc2C)c(C)c1.[Ge]. The zero-order valence-electron chi connectivity index (χ0n) is 26.1. The summed E-state index contributed by atoms with van der Waals surface area (Å²) in [6.45, 7) is 26.6. The summed E-state index contributed by atoms with van der Waals surface area (Å²) >= 11 is 0. The maximum Gasteiger partial charge on any atom is 0 e. The Bertz CT molecular complexity index is 1160. The quantitative estimate of drug-likeness (QED) is 0.162. The van der Waals surface area contributed by atoms with Crippen LogP contribution >= 0.6 is 17.2 Å². The number of aryl methyl sites for hydroxylation is 12. The van der Waals surface area contributed by atoms with Gasteiger partial charge in [-0.3, -0.25) is 0 Å². The minimum absolute atomic E-state index is 0. The molecule has 4 radical (unpaired) electrons. The Hall–Kier alpha value is -1.72. The average Bonchev–Trinajstić information content (AvgIpc) is 2.76. The van der Waals surface area contributed by atoms with Gasteiger partial charge in [0.25, 0.3) is 0 Å². The van der Waals surface area contributed by atoms with Crippen molar-refractivity contribution in [1.29, 1.82) is 0 Å². The molecule has 0 spiro atoms. The van der Waals surface area contributed by atoms with E-state index in [1.165, 1.54) is 88.0 Å². The van der Waals surface area contributed by atoms with Crippen LogP contribution in [-0.4, -0.2) is 17.6 Å². The van der Waals surface area contributed by atoms with E-state index < -0.39 is 0 Å². The van der Waals surface area contributed by atoms with Gasteiger partial charge in [0.05, 0.1) is 0 Å². The predicted octanol–water partition coefficient (Wildman–Crippen LogP) is 7.95. The fourth-order valence-corrected chi connectivity index (χ4v) is 8.41. The summed E-state index contributed by atoms with van der Waals surface area (Å²) in [5.41, 5.74) is 16.9. The average molecular weight is 613 g/mol. The largest absolute Gasteiger partial charge is 0.0580 e. The molecule has 0 fully saturated rings. The molecule has 0 aliphatic rings. The van der Waals surface area contributed by atoms with Gasteiger partial charge < -0.3 is 0 Å². The second-order valence-electron chi connectivity index (χ2n) is 11.3. The summed E-state index contributed by atoms with van der Waals surface area (Å²) in [4.78, 5) is 0. The molecule has 204 valence electrons. The van der Waals surface area contributed by atoms with Crippen LogP contribution in [0.25, 0.3) is 0 Å². The number of hydrogen-bond acceptors (Lipinski definition) is 0. The molecule has 0 bridgehead atoms. The van der Waals surface area contributed by atoms with Gasteiger partial charge in [0.1, 0.15) is 0 Å². The van der Waals surface area contributed by atoms with Gasteiger partial charge in [-0.1, -0.05) is 87.9 Å². The van der Waals surface area contributed by atoms with Crippen molar-refractivity contribution in [1.82, 2.24) is 0 Å². The summed E-state index contributed by atoms with van der Waals surface area (Å²) < 4.78 is 0. The van der Waals surface area contributed by atoms with Crippen LogP contribution in [0.15, 0.2) is 48.5 Å². The van der Waals surface area contributed by atoms with Crippen molar-refractivity contribution in [3.05, 3.63) is 115 Å². The molecular weight excluding hydrogens is 567 g/mol. The third-order valence-corrected chi connectivity index (χ3v) is 11.4. The molecule has 39 heavy (non-hydrogen) atoms. The summed E-state index contributed by atoms with van der Waals surface area (Å²) in [6.07, 6.45) is 0. The molecule has 0 atom stereocenters. The van der Waals surface area contributed by atoms with E-state index in [-0.39, 0.29) is 17.6 Å². The Kier molecular flexibility index (Phi) is 12.2. The van der Waals surface area contributed by atoms with Crippen molar-refractivity contribution >= 4 is 56.0 Å². The second-order valence-corrected chi connectivity index (χ2v) is 13.8. The van der Waals surface area contributed by atoms with Gasteiger partial charge in [-0.2, -0.15) is 0 Å². The van der Waals surface area contributed by atoms with Crippen LogP contribution in [0.1, 0.15) is 66.8 Å². The fourth-order valence-electron chi connectivity index (χ4n) is 5.76. The number of rotatable bonds is 4. The summed E-state index contributed by atoms with van der Waals surface area (Å²) in [7, 11) is 1.53. The summed E-state index contributed by atoms with van der Waals surface area (Å²) in [5.74, 6) is 0. The number of hydrogen-bond donors (Lipinski definition) is 0. The van der Waals surface area contributed by atoms with Crippen molar-refractivity contribution in [3.8, 4) is 0 Å². The van der Waals surface area contributed by atoms with E-state index in [1.807, 2.05) is 0 Å². The molecule has 4 rings (SSSR count). The maximum absolute atomic E-state index is 2.30. The molecule has 4 aromatic carbocycles. The van der Waals surface area contributed by atoms with Crippen molar-refractivity contribution in [2.45, 2.75) is 83.1 Å². The molecule has 0 aromatic heterocycles. The van der Waals surface area contributed by atoms with E-state index >= 15 is 0 Å². The van der Waals surface area contributed by atoms with Gasteiger partial charge >= 0.3 is 0 Å². The topological polar surface area (TPSA) is 0 Å². The first kappa shape index (κ1) is 33.5. The van der Waals surface area contributed by atoms with Crippen LogP contribution in [0.2, 0.25) is 0 Å². The molecule has 0 heterocycles. The van der Waals surface area contributed by atoms with Gasteiger partial charge in [-0.15, -0.1) is 0 Å². The van der Waals surface area contributed by atoms with Crippen molar-refractivity contribution < 1.29 is 0 Å². The molecule has 0 amide bonds. The first-order valence-electron chi connectivity index (χ1n) is 13.6. The predicted molar refractivity (Wildman–Crippen MR) is 184 cm³/mol. The molecule has 0 unspecified atom stereocenters. The van der Waals surface area contributed by atoms with E-state index in [4.69, 9.17) is 0 Å². The molecule has 0 nitrogen and oxygen atoms in total. The zero-order chi connectivity index (χ0) is 28.3. The third kappa shape index (κ3) is 8.63. The Morgan fingerprint density at radius 1 is 0.282 bits per heavy atom. The van der Waals surface area contributed by atoms with E-state index in [2.05, 4.69) is 132 Å². The molecule has 0 N–H and O–H groups in total. The molecule has 0 aliphatic carbocycles. The maximum atomic E-state index is 2.30. The van der Waals surface area contributed by atoms with Crippen LogP contribution in [0.4, 0.5) is 0 Å². The Morgan fingerprint density at radius 3 is 0.538 bits per heavy atom. The summed E-state index contributed by atoms with van der Waals surface area (Å²) in [5, 5.41) is 6.06. The first-order chi connectivity index (χ1) is 17.8. The van der Waals surface area contributed by atoms with Crippen LogP contribution in [-0.2, 0) is 0 Å². The van der Waals surface area contributed by atoms with Crippen LogP contribution in [0.3, 0.4) is 0 Å². The molecule has 0 aliphatic heterocycles. The van der Waals surface area contributed by atoms with E-state index in [0.717, 1.165) is 17.2 Å². The van der Waals surface area contributed by atoms with Gasteiger partial charge in [-0.05, 0) is 149 Å². The zero-order valence-corrected chi connectivity index (χ0v) is 30.2. The second kappa shape index (κ2) is 14.3. The minimum Gasteiger partial charge on any atom is -0.0580 e. The minimum atomic E-state index is 0. The van der Waals surface area contributed by atoms with Gasteiger partial charge in [0.2, 0.25) is 0 Å². The Morgan fingerprint density at radius 2 is 0.410 bits per heavy atom. The number of benzene rings is 4. The summed E-state index contributed by atoms with van der Waals surface area (Å²) in [6, 6.07) is 18.4. The molecule has 0 saturated carbocycles. The van der Waals surface area contributed by atoms with Gasteiger partial charge in [0, 0.05) is 17.6 Å². The van der Waals surface area contributed by atoms with E-state index in [0.29, 0.717) is 0 Å². The molecular formula is C36H46GeP2. The van der Waals surface area contributed by atoms with Crippen molar-refractivity contribution in [3.63, 3.8) is 0 Å². The third-order valence-electron chi connectivity index (χ3n) is 7.21. The molecule has 0 saturated heterocycles. The Labute approximate surface area is 253 Å². The van der Waals surface area contributed by atoms with E-state index in [1.54, 1.807) is 0 Å². The standard InChI is InChI=1S/2C18H23P.Ge/c2*1-11-7-13(3)17(14(4)8-11)19-18-15(5)9-12(2)10-16(18)6;/h2*7-10,19H,1-6H3;. The normalized spacial score (nSPS) is 10.6. The molecule has 3 heteroatoms. The first-order valence-corrected chi connectivity index (χ1v) is 15.6. The van der Waals surface area contributed by atoms with Gasteiger partial charge in [-0.25, -0.2) is 0 Å². The van der Waals surface area contributed by atoms with Crippen molar-refractivity contribution in [2.75, 3.05) is 0 Å². The monoisotopic (exact) mass is 614 g/mol. The van der Waals surface area contributed by atoms with E-state index in [9.17, 15) is 0 Å². The Balaban J connectivity index is 0.000000267. The van der Waals surface area contributed by atoms with Crippen molar-refractivity contribution in [2.24, 2.45) is 0 Å². The van der Waals surface area contributed by atoms with Gasteiger partial charge in [0.15, 0.2) is 0 Å². The van der Waals surface area contributed by atoms with Crippen LogP contribution in [0, 0.1) is 83.1 Å². The smallest absolute Gasteiger partial charge is 0 e. The van der Waals surface area contributed by atoms with Crippen LogP contribution in [0.5, 0.6) is 0 Å². The van der Waals surface area contributed by atoms with Crippen LogP contribution < -0.4 is 21.2 Å². The molecule has 4 aromatic rings.